The van der Waals surface area contributed by atoms with Crippen molar-refractivity contribution in [1.29, 1.82) is 0 Å². The monoisotopic (exact) mass is 437 g/mol. The normalized spacial score (nSPS) is 18.4. The maximum atomic E-state index is 13.2. The molecule has 2 aliphatic heterocycles. The summed E-state index contributed by atoms with van der Waals surface area (Å²) in [5.41, 5.74) is -4.57. The largest absolute Gasteiger partial charge is 0.501 e. The Morgan fingerprint density at radius 3 is 2.68 bits per heavy atom. The molecule has 2 aliphatic rings. The summed E-state index contributed by atoms with van der Waals surface area (Å²) in [7, 11) is 0. The first-order chi connectivity index (χ1) is 14.5. The van der Waals surface area contributed by atoms with Crippen LogP contribution < -0.4 is 10.9 Å². The summed E-state index contributed by atoms with van der Waals surface area (Å²) >= 11 is 0. The highest BCUT2D eigenvalue weighted by atomic mass is 19.4. The summed E-state index contributed by atoms with van der Waals surface area (Å²) in [5.74, 6) is -1.46. The van der Waals surface area contributed by atoms with Crippen molar-refractivity contribution < 1.29 is 27.8 Å². The Labute approximate surface area is 173 Å². The summed E-state index contributed by atoms with van der Waals surface area (Å²) in [6.07, 6.45) is -4.66. The van der Waals surface area contributed by atoms with Gasteiger partial charge in [0, 0.05) is 12.1 Å². The minimum absolute atomic E-state index is 0.167. The Morgan fingerprint density at radius 2 is 2.03 bits per heavy atom. The zero-order valence-electron chi connectivity index (χ0n) is 16.5. The molecule has 3 heterocycles. The predicted molar refractivity (Wildman–Crippen MR) is 99.3 cm³/mol. The second kappa shape index (κ2) is 6.87. The first-order valence-electron chi connectivity index (χ1n) is 9.33. The molecule has 1 aromatic carbocycles. The first kappa shape index (κ1) is 21.0. The van der Waals surface area contributed by atoms with E-state index in [0.29, 0.717) is 5.56 Å². The second-order valence-corrected chi connectivity index (χ2v) is 7.70. The van der Waals surface area contributed by atoms with E-state index in [1.54, 1.807) is 13.8 Å². The van der Waals surface area contributed by atoms with Crippen molar-refractivity contribution in [2.75, 3.05) is 6.61 Å². The van der Waals surface area contributed by atoms with E-state index in [9.17, 15) is 27.9 Å². The first-order valence-corrected chi connectivity index (χ1v) is 9.33. The number of halogens is 3. The van der Waals surface area contributed by atoms with Crippen LogP contribution in [0.15, 0.2) is 39.3 Å². The molecule has 0 radical (unpaired) electrons. The number of nitrogens with one attached hydrogen (secondary N) is 1. The molecule has 0 saturated heterocycles. The number of hydrogen-bond donors (Lipinski definition) is 2. The number of amides is 1. The van der Waals surface area contributed by atoms with Gasteiger partial charge in [0.15, 0.2) is 5.69 Å². The number of alkyl halides is 3. The minimum atomic E-state index is -4.66. The van der Waals surface area contributed by atoms with Crippen LogP contribution in [0.2, 0.25) is 0 Å². The van der Waals surface area contributed by atoms with Crippen LogP contribution in [0.3, 0.4) is 0 Å². The number of fused-ring (bicyclic) bond motifs is 1. The zero-order valence-corrected chi connectivity index (χ0v) is 16.5. The molecule has 0 aliphatic carbocycles. The summed E-state index contributed by atoms with van der Waals surface area (Å²) in [6.45, 7) is 3.63. The summed E-state index contributed by atoms with van der Waals surface area (Å²) < 4.78 is 46.4. The molecular weight excluding hydrogens is 419 g/mol. The number of ether oxygens (including phenoxy) is 1. The second-order valence-electron chi connectivity index (χ2n) is 7.70. The Kier molecular flexibility index (Phi) is 4.65. The third-order valence-corrected chi connectivity index (χ3v) is 5.15. The van der Waals surface area contributed by atoms with Crippen molar-refractivity contribution in [3.63, 3.8) is 0 Å². The van der Waals surface area contributed by atoms with E-state index in [4.69, 9.17) is 4.74 Å². The average Bonchev–Trinajstić information content (AvgIpc) is 3.51. The van der Waals surface area contributed by atoms with Crippen molar-refractivity contribution in [1.82, 2.24) is 14.9 Å². The molecule has 0 bridgehead atoms. The van der Waals surface area contributed by atoms with E-state index in [0.717, 1.165) is 0 Å². The molecule has 164 valence electrons. The van der Waals surface area contributed by atoms with Gasteiger partial charge in [-0.1, -0.05) is 18.2 Å². The van der Waals surface area contributed by atoms with E-state index in [2.05, 4.69) is 20.5 Å². The molecular formula is C19H18F3N5O4. The van der Waals surface area contributed by atoms with Gasteiger partial charge in [-0.15, -0.1) is 10.2 Å². The van der Waals surface area contributed by atoms with Crippen molar-refractivity contribution >= 4 is 5.91 Å². The summed E-state index contributed by atoms with van der Waals surface area (Å²) in [4.78, 5) is 29.2. The minimum Gasteiger partial charge on any atom is -0.501 e. The van der Waals surface area contributed by atoms with Gasteiger partial charge >= 0.3 is 11.8 Å². The van der Waals surface area contributed by atoms with Gasteiger partial charge in [0.2, 0.25) is 5.75 Å². The zero-order chi connectivity index (χ0) is 22.6. The highest BCUT2D eigenvalue weighted by Gasteiger charge is 2.65. The van der Waals surface area contributed by atoms with Crippen molar-refractivity contribution in [3.05, 3.63) is 57.3 Å². The van der Waals surface area contributed by atoms with Gasteiger partial charge in [0.1, 0.15) is 11.4 Å². The van der Waals surface area contributed by atoms with Crippen LogP contribution in [-0.4, -0.2) is 33.3 Å². The Balaban J connectivity index is 1.56. The number of hydrogen-bond acceptors (Lipinski definition) is 7. The van der Waals surface area contributed by atoms with Crippen LogP contribution in [0.1, 0.15) is 41.3 Å². The molecule has 2 aromatic rings. The third-order valence-electron chi connectivity index (χ3n) is 5.15. The van der Waals surface area contributed by atoms with Crippen LogP contribution in [-0.2, 0) is 29.1 Å². The average molecular weight is 437 g/mol. The van der Waals surface area contributed by atoms with Crippen molar-refractivity contribution in [3.8, 4) is 5.75 Å². The van der Waals surface area contributed by atoms with Crippen LogP contribution in [0.5, 0.6) is 5.75 Å². The molecule has 4 rings (SSSR count). The van der Waals surface area contributed by atoms with E-state index in [1.165, 1.54) is 28.8 Å². The maximum absolute atomic E-state index is 13.2. The lowest BCUT2D eigenvalue weighted by Gasteiger charge is -2.32. The highest BCUT2D eigenvalue weighted by molar-refractivity contribution is 5.94. The molecule has 2 N–H and O–H groups in total. The number of carbonyl (C=O) groups excluding carboxylic acids is 1. The number of benzene rings is 1. The molecule has 1 aromatic heterocycles. The lowest BCUT2D eigenvalue weighted by Crippen LogP contribution is -2.42. The van der Waals surface area contributed by atoms with Gasteiger partial charge in [-0.05, 0) is 25.5 Å². The molecule has 0 unspecified atom stereocenters. The SMILES string of the molecule is CC1(C)OCCn2c1nc(C(=O)NCc1cccc(C3(C(F)(F)F)N=N3)c1)c(O)c2=O. The van der Waals surface area contributed by atoms with Gasteiger partial charge in [0.05, 0.1) is 13.2 Å². The molecule has 9 nitrogen and oxygen atoms in total. The fourth-order valence-corrected chi connectivity index (χ4v) is 3.43. The number of nitrogens with zero attached hydrogens (tertiary/aromatic N) is 4. The Morgan fingerprint density at radius 1 is 1.32 bits per heavy atom. The number of aromatic nitrogens is 2. The lowest BCUT2D eigenvalue weighted by atomic mass is 10.0. The maximum Gasteiger partial charge on any atom is 0.442 e. The van der Waals surface area contributed by atoms with Gasteiger partial charge in [-0.25, -0.2) is 4.98 Å². The molecule has 0 atom stereocenters. The molecule has 12 heteroatoms. The van der Waals surface area contributed by atoms with Crippen LogP contribution in [0.4, 0.5) is 13.2 Å². The number of rotatable bonds is 4. The third kappa shape index (κ3) is 3.46. The number of carbonyl (C=O) groups is 1. The highest BCUT2D eigenvalue weighted by Crippen LogP contribution is 2.52. The van der Waals surface area contributed by atoms with Crippen LogP contribution in [0, 0.1) is 0 Å². The van der Waals surface area contributed by atoms with Crippen LogP contribution >= 0.6 is 0 Å². The molecule has 1 amide bonds. The fourth-order valence-electron chi connectivity index (χ4n) is 3.43. The summed E-state index contributed by atoms with van der Waals surface area (Å²) in [5, 5.41) is 19.0. The smallest absolute Gasteiger partial charge is 0.442 e. The predicted octanol–water partition coefficient (Wildman–Crippen LogP) is 2.33. The van der Waals surface area contributed by atoms with Gasteiger partial charge < -0.3 is 15.2 Å². The van der Waals surface area contributed by atoms with E-state index >= 15 is 0 Å². The van der Waals surface area contributed by atoms with E-state index in [-0.39, 0.29) is 31.1 Å². The number of aromatic hydroxyl groups is 1. The van der Waals surface area contributed by atoms with Gasteiger partial charge in [0.25, 0.3) is 11.5 Å². The van der Waals surface area contributed by atoms with Gasteiger partial charge in [-0.2, -0.15) is 13.2 Å². The van der Waals surface area contributed by atoms with Crippen LogP contribution in [0.25, 0.3) is 0 Å². The molecule has 31 heavy (non-hydrogen) atoms. The van der Waals surface area contributed by atoms with E-state index in [1.807, 2.05) is 0 Å². The van der Waals surface area contributed by atoms with E-state index < -0.39 is 40.4 Å². The Hall–Kier alpha value is -3.28. The van der Waals surface area contributed by atoms with Crippen molar-refractivity contribution in [2.24, 2.45) is 10.2 Å². The molecule has 0 spiro atoms. The molecule has 0 saturated carbocycles. The standard InChI is InChI=1S/C19H18F3N5O4/c1-17(2)16-24-12(13(28)15(30)27(16)6-7-31-17)14(29)23-9-10-4-3-5-11(8-10)18(25-26-18)19(20,21)22/h3-5,8,28H,6-7,9H2,1-2H3,(H,23,29). The Bertz CT molecular complexity index is 1150. The summed E-state index contributed by atoms with van der Waals surface area (Å²) in [6, 6.07) is 5.40. The van der Waals surface area contributed by atoms with Gasteiger partial charge in [-0.3, -0.25) is 14.2 Å². The lowest BCUT2D eigenvalue weighted by molar-refractivity contribution is -0.166. The fraction of sp³-hybridized carbons (Fsp3) is 0.421. The quantitative estimate of drug-likeness (QED) is 0.761. The molecule has 0 fully saturated rings. The topological polar surface area (TPSA) is 118 Å². The van der Waals surface area contributed by atoms with Crippen molar-refractivity contribution in [2.45, 2.75) is 44.4 Å².